The maximum absolute atomic E-state index is 13.0. The molecule has 1 aliphatic heterocycles. The number of nitrogens with one attached hydrogen (secondary N) is 2. The molecular formula is C19H20FN3O2. The van der Waals surface area contributed by atoms with Gasteiger partial charge in [-0.25, -0.2) is 9.18 Å². The predicted octanol–water partition coefficient (Wildman–Crippen LogP) is 3.37. The number of carbonyl (C=O) groups is 2. The Bertz CT molecular complexity index is 805. The highest BCUT2D eigenvalue weighted by molar-refractivity contribution is 6.02. The number of anilines is 2. The molecule has 130 valence electrons. The lowest BCUT2D eigenvalue weighted by Crippen LogP contribution is -2.43. The van der Waals surface area contributed by atoms with Crippen molar-refractivity contribution in [2.24, 2.45) is 0 Å². The number of aryl methyl sites for hydroxylation is 1. The van der Waals surface area contributed by atoms with E-state index in [2.05, 4.69) is 10.6 Å². The molecule has 6 heteroatoms. The molecule has 0 radical (unpaired) electrons. The van der Waals surface area contributed by atoms with Crippen molar-refractivity contribution >= 4 is 23.3 Å². The fraction of sp³-hybridized carbons (Fsp3) is 0.263. The fourth-order valence-electron chi connectivity index (χ4n) is 2.89. The van der Waals surface area contributed by atoms with Crippen LogP contribution >= 0.6 is 0 Å². The lowest BCUT2D eigenvalue weighted by molar-refractivity contribution is -0.118. The third-order valence-electron chi connectivity index (χ3n) is 4.50. The van der Waals surface area contributed by atoms with Crippen LogP contribution in [0.25, 0.3) is 0 Å². The normalized spacial score (nSPS) is 16.8. The van der Waals surface area contributed by atoms with E-state index in [9.17, 15) is 14.0 Å². The van der Waals surface area contributed by atoms with Crippen LogP contribution in [0, 0.1) is 19.7 Å². The third kappa shape index (κ3) is 3.63. The van der Waals surface area contributed by atoms with Gasteiger partial charge in [0.2, 0.25) is 5.91 Å². The third-order valence-corrected chi connectivity index (χ3v) is 4.50. The van der Waals surface area contributed by atoms with E-state index in [0.717, 1.165) is 16.8 Å². The van der Waals surface area contributed by atoms with Gasteiger partial charge in [0.1, 0.15) is 11.9 Å². The first-order chi connectivity index (χ1) is 12.0. The molecule has 1 aliphatic rings. The molecule has 1 saturated heterocycles. The van der Waals surface area contributed by atoms with Crippen LogP contribution in [-0.2, 0) is 4.79 Å². The van der Waals surface area contributed by atoms with Crippen LogP contribution in [0.3, 0.4) is 0 Å². The Morgan fingerprint density at radius 2 is 1.88 bits per heavy atom. The molecule has 0 unspecified atom stereocenters. The lowest BCUT2D eigenvalue weighted by Gasteiger charge is -2.18. The van der Waals surface area contributed by atoms with Gasteiger partial charge in [-0.1, -0.05) is 12.1 Å². The second kappa shape index (κ2) is 6.93. The molecule has 0 bridgehead atoms. The Kier molecular flexibility index (Phi) is 4.70. The maximum Gasteiger partial charge on any atom is 0.319 e. The van der Waals surface area contributed by atoms with E-state index in [1.807, 2.05) is 32.0 Å². The molecule has 2 aromatic rings. The molecule has 3 rings (SSSR count). The molecule has 25 heavy (non-hydrogen) atoms. The average Bonchev–Trinajstić information content (AvgIpc) is 2.93. The minimum absolute atomic E-state index is 0.192. The fourth-order valence-corrected chi connectivity index (χ4v) is 2.89. The van der Waals surface area contributed by atoms with Crippen molar-refractivity contribution in [3.8, 4) is 0 Å². The van der Waals surface area contributed by atoms with E-state index in [1.165, 1.54) is 12.1 Å². The molecule has 0 spiro atoms. The van der Waals surface area contributed by atoms with Crippen LogP contribution in [0.2, 0.25) is 0 Å². The Hall–Kier alpha value is -2.89. The molecular weight excluding hydrogens is 321 g/mol. The number of urea groups is 1. The zero-order chi connectivity index (χ0) is 18.0. The zero-order valence-electron chi connectivity index (χ0n) is 14.2. The average molecular weight is 341 g/mol. The van der Waals surface area contributed by atoms with Crippen molar-refractivity contribution in [1.82, 2.24) is 5.32 Å². The Morgan fingerprint density at radius 3 is 2.60 bits per heavy atom. The quantitative estimate of drug-likeness (QED) is 0.899. The summed E-state index contributed by atoms with van der Waals surface area (Å²) in [6, 6.07) is 10.4. The van der Waals surface area contributed by atoms with Crippen LogP contribution in [0.15, 0.2) is 42.5 Å². The summed E-state index contributed by atoms with van der Waals surface area (Å²) in [5, 5.41) is 5.51. The highest BCUT2D eigenvalue weighted by atomic mass is 19.1. The topological polar surface area (TPSA) is 61.4 Å². The highest BCUT2D eigenvalue weighted by Gasteiger charge is 2.33. The molecule has 1 heterocycles. The molecule has 3 amide bonds. The van der Waals surface area contributed by atoms with Crippen molar-refractivity contribution in [3.63, 3.8) is 0 Å². The van der Waals surface area contributed by atoms with Crippen LogP contribution in [0.5, 0.6) is 0 Å². The molecule has 1 atom stereocenters. The number of hydrogen-bond acceptors (Lipinski definition) is 2. The minimum atomic E-state index is -0.588. The number of halogens is 1. The minimum Gasteiger partial charge on any atom is -0.326 e. The number of carbonyl (C=O) groups excluding carboxylic acids is 2. The summed E-state index contributed by atoms with van der Waals surface area (Å²) in [6.07, 6.45) is 0.510. The van der Waals surface area contributed by atoms with E-state index in [0.29, 0.717) is 18.7 Å². The van der Waals surface area contributed by atoms with Gasteiger partial charge in [0.25, 0.3) is 0 Å². The van der Waals surface area contributed by atoms with E-state index >= 15 is 0 Å². The van der Waals surface area contributed by atoms with E-state index in [4.69, 9.17) is 0 Å². The number of nitrogens with zero attached hydrogens (tertiary/aromatic N) is 1. The van der Waals surface area contributed by atoms with Crippen molar-refractivity contribution < 1.29 is 14.0 Å². The van der Waals surface area contributed by atoms with Crippen molar-refractivity contribution in [2.75, 3.05) is 16.8 Å². The van der Waals surface area contributed by atoms with Crippen molar-refractivity contribution in [1.29, 1.82) is 0 Å². The largest absolute Gasteiger partial charge is 0.326 e. The van der Waals surface area contributed by atoms with Gasteiger partial charge in [-0.3, -0.25) is 4.79 Å². The second-order valence-corrected chi connectivity index (χ2v) is 6.15. The van der Waals surface area contributed by atoms with Crippen LogP contribution < -0.4 is 15.5 Å². The Morgan fingerprint density at radius 1 is 1.16 bits per heavy atom. The molecule has 0 aliphatic carbocycles. The maximum atomic E-state index is 13.0. The smallest absolute Gasteiger partial charge is 0.319 e. The SMILES string of the molecule is Cc1cccc(NC(=O)N[C@@H]2CCN(c3ccc(F)cc3)C2=O)c1C. The first-order valence-corrected chi connectivity index (χ1v) is 8.16. The molecule has 0 saturated carbocycles. The van der Waals surface area contributed by atoms with Crippen LogP contribution in [0.4, 0.5) is 20.6 Å². The lowest BCUT2D eigenvalue weighted by atomic mass is 10.1. The Labute approximate surface area is 145 Å². The standard InChI is InChI=1S/C19H20FN3O2/c1-12-4-3-5-16(13(12)2)21-19(25)22-17-10-11-23(18(17)24)15-8-6-14(20)7-9-15/h3-9,17H,10-11H2,1-2H3,(H2,21,22,25)/t17-/m1/s1. The summed E-state index contributed by atoms with van der Waals surface area (Å²) in [7, 11) is 0. The zero-order valence-corrected chi connectivity index (χ0v) is 14.2. The van der Waals surface area contributed by atoms with E-state index in [1.54, 1.807) is 17.0 Å². The summed E-state index contributed by atoms with van der Waals surface area (Å²) in [6.45, 7) is 4.39. The van der Waals surface area contributed by atoms with Gasteiger partial charge in [-0.05, 0) is 61.7 Å². The molecule has 2 N–H and O–H groups in total. The summed E-state index contributed by atoms with van der Waals surface area (Å²) >= 11 is 0. The molecule has 2 aromatic carbocycles. The van der Waals surface area contributed by atoms with E-state index < -0.39 is 12.1 Å². The number of hydrogen-bond donors (Lipinski definition) is 2. The summed E-state index contributed by atoms with van der Waals surface area (Å²) < 4.78 is 13.0. The van der Waals surface area contributed by atoms with Gasteiger partial charge >= 0.3 is 6.03 Å². The number of rotatable bonds is 3. The first kappa shape index (κ1) is 17.0. The molecule has 0 aromatic heterocycles. The highest BCUT2D eigenvalue weighted by Crippen LogP contribution is 2.22. The Balaban J connectivity index is 1.63. The van der Waals surface area contributed by atoms with E-state index in [-0.39, 0.29) is 11.7 Å². The number of benzene rings is 2. The van der Waals surface area contributed by atoms with Gasteiger partial charge in [0.05, 0.1) is 0 Å². The van der Waals surface area contributed by atoms with Gasteiger partial charge in [-0.2, -0.15) is 0 Å². The van der Waals surface area contributed by atoms with Gasteiger partial charge in [0.15, 0.2) is 0 Å². The summed E-state index contributed by atoms with van der Waals surface area (Å²) in [4.78, 5) is 26.3. The summed E-state index contributed by atoms with van der Waals surface area (Å²) in [5.41, 5.74) is 3.42. The van der Waals surface area contributed by atoms with Gasteiger partial charge in [-0.15, -0.1) is 0 Å². The van der Waals surface area contributed by atoms with Crippen molar-refractivity contribution in [2.45, 2.75) is 26.3 Å². The van der Waals surface area contributed by atoms with Crippen LogP contribution in [-0.4, -0.2) is 24.5 Å². The van der Waals surface area contributed by atoms with Gasteiger partial charge < -0.3 is 15.5 Å². The predicted molar refractivity (Wildman–Crippen MR) is 95.2 cm³/mol. The number of amides is 3. The molecule has 1 fully saturated rings. The van der Waals surface area contributed by atoms with Crippen LogP contribution in [0.1, 0.15) is 17.5 Å². The second-order valence-electron chi connectivity index (χ2n) is 6.15. The first-order valence-electron chi connectivity index (χ1n) is 8.16. The molecule has 5 nitrogen and oxygen atoms in total. The summed E-state index contributed by atoms with van der Waals surface area (Å²) in [5.74, 6) is -0.541. The monoisotopic (exact) mass is 341 g/mol. The van der Waals surface area contributed by atoms with Gasteiger partial charge in [0, 0.05) is 17.9 Å². The van der Waals surface area contributed by atoms with Crippen molar-refractivity contribution in [3.05, 3.63) is 59.4 Å².